The Labute approximate surface area is 168 Å². The van der Waals surface area contributed by atoms with Crippen LogP contribution in [-0.2, 0) is 11.2 Å². The van der Waals surface area contributed by atoms with E-state index < -0.39 is 0 Å². The summed E-state index contributed by atoms with van der Waals surface area (Å²) in [6.07, 6.45) is 7.14. The summed E-state index contributed by atoms with van der Waals surface area (Å²) in [5.74, 6) is 2.18. The molecule has 152 valence electrons. The number of ether oxygens (including phenoxy) is 3. The summed E-state index contributed by atoms with van der Waals surface area (Å²) in [5, 5.41) is 9.78. The third kappa shape index (κ3) is 4.99. The molecule has 0 saturated heterocycles. The average Bonchev–Trinajstić information content (AvgIpc) is 2.74. The summed E-state index contributed by atoms with van der Waals surface area (Å²) in [6.45, 7) is 2.44. The van der Waals surface area contributed by atoms with Crippen LogP contribution in [0.4, 0.5) is 0 Å². The van der Waals surface area contributed by atoms with Gasteiger partial charge in [-0.2, -0.15) is 0 Å². The van der Waals surface area contributed by atoms with Gasteiger partial charge in [0.2, 0.25) is 0 Å². The van der Waals surface area contributed by atoms with Crippen LogP contribution < -0.4 is 9.47 Å². The first-order chi connectivity index (χ1) is 13.6. The normalized spacial score (nSPS) is 19.4. The van der Waals surface area contributed by atoms with Gasteiger partial charge in [0.15, 0.2) is 11.5 Å². The number of benzene rings is 2. The average molecular weight is 385 g/mol. The van der Waals surface area contributed by atoms with E-state index in [-0.39, 0.29) is 5.75 Å². The fraction of sp³-hybridized carbons (Fsp3) is 0.500. The van der Waals surface area contributed by atoms with E-state index in [1.165, 1.54) is 36.8 Å². The van der Waals surface area contributed by atoms with Gasteiger partial charge in [0.05, 0.1) is 19.8 Å². The Bertz CT molecular complexity index is 746. The molecule has 0 amide bonds. The molecule has 28 heavy (non-hydrogen) atoms. The van der Waals surface area contributed by atoms with Crippen molar-refractivity contribution in [3.05, 3.63) is 53.1 Å². The second-order valence-corrected chi connectivity index (χ2v) is 7.64. The summed E-state index contributed by atoms with van der Waals surface area (Å²) in [7, 11) is 3.42. The zero-order valence-electron chi connectivity index (χ0n) is 17.2. The first-order valence-corrected chi connectivity index (χ1v) is 10.2. The van der Waals surface area contributed by atoms with Crippen LogP contribution >= 0.6 is 0 Å². The predicted molar refractivity (Wildman–Crippen MR) is 112 cm³/mol. The zero-order valence-corrected chi connectivity index (χ0v) is 17.2. The molecule has 1 saturated carbocycles. The Morgan fingerprint density at radius 2 is 1.68 bits per heavy atom. The quantitative estimate of drug-likeness (QED) is 0.620. The highest BCUT2D eigenvalue weighted by molar-refractivity contribution is 5.52. The molecule has 0 atom stereocenters. The number of hydrogen-bond acceptors (Lipinski definition) is 4. The fourth-order valence-corrected chi connectivity index (χ4v) is 4.07. The number of hydrogen-bond donors (Lipinski definition) is 1. The summed E-state index contributed by atoms with van der Waals surface area (Å²) < 4.78 is 16.7. The highest BCUT2D eigenvalue weighted by Crippen LogP contribution is 2.36. The minimum Gasteiger partial charge on any atom is -0.508 e. The number of methoxy groups -OCH3 is 2. The van der Waals surface area contributed by atoms with E-state index in [1.807, 2.05) is 14.0 Å². The minimum atomic E-state index is 0.222. The lowest BCUT2D eigenvalue weighted by Crippen LogP contribution is -2.19. The third-order valence-corrected chi connectivity index (χ3v) is 5.87. The van der Waals surface area contributed by atoms with Crippen LogP contribution in [0.1, 0.15) is 54.7 Å². The van der Waals surface area contributed by atoms with Crippen LogP contribution in [0.2, 0.25) is 0 Å². The van der Waals surface area contributed by atoms with Crippen molar-refractivity contribution in [1.29, 1.82) is 0 Å². The van der Waals surface area contributed by atoms with Gasteiger partial charge in [-0.1, -0.05) is 24.3 Å². The Hall–Kier alpha value is -2.20. The van der Waals surface area contributed by atoms with E-state index in [0.29, 0.717) is 35.7 Å². The van der Waals surface area contributed by atoms with Crippen molar-refractivity contribution in [1.82, 2.24) is 0 Å². The molecule has 4 heteroatoms. The molecule has 0 aromatic heterocycles. The number of phenols is 1. The van der Waals surface area contributed by atoms with E-state index >= 15 is 0 Å². The largest absolute Gasteiger partial charge is 0.508 e. The molecule has 0 radical (unpaired) electrons. The van der Waals surface area contributed by atoms with Gasteiger partial charge in [0.1, 0.15) is 5.75 Å². The van der Waals surface area contributed by atoms with Crippen molar-refractivity contribution in [2.45, 2.75) is 57.5 Å². The summed E-state index contributed by atoms with van der Waals surface area (Å²) in [6, 6.07) is 12.5. The first kappa shape index (κ1) is 20.5. The van der Waals surface area contributed by atoms with Crippen LogP contribution in [0.5, 0.6) is 17.2 Å². The van der Waals surface area contributed by atoms with Crippen molar-refractivity contribution >= 4 is 0 Å². The minimum absolute atomic E-state index is 0.222. The second-order valence-electron chi connectivity index (χ2n) is 7.64. The van der Waals surface area contributed by atoms with E-state index in [9.17, 15) is 5.11 Å². The molecule has 0 heterocycles. The van der Waals surface area contributed by atoms with Gasteiger partial charge in [-0.05, 0) is 74.6 Å². The number of aromatic hydroxyl groups is 1. The molecule has 0 bridgehead atoms. The summed E-state index contributed by atoms with van der Waals surface area (Å²) in [4.78, 5) is 0. The molecule has 3 rings (SSSR count). The van der Waals surface area contributed by atoms with Crippen LogP contribution in [0.15, 0.2) is 36.4 Å². The molecule has 1 fully saturated rings. The van der Waals surface area contributed by atoms with E-state index in [1.54, 1.807) is 19.2 Å². The summed E-state index contributed by atoms with van der Waals surface area (Å²) in [5.41, 5.74) is 3.50. The van der Waals surface area contributed by atoms with Gasteiger partial charge in [-0.15, -0.1) is 0 Å². The molecule has 1 aliphatic rings. The molecule has 2 aromatic rings. The van der Waals surface area contributed by atoms with Gasteiger partial charge in [-0.3, -0.25) is 0 Å². The van der Waals surface area contributed by atoms with Crippen molar-refractivity contribution in [2.24, 2.45) is 0 Å². The molecular formula is C24H32O4. The monoisotopic (exact) mass is 384 g/mol. The van der Waals surface area contributed by atoms with Crippen LogP contribution in [0.25, 0.3) is 0 Å². The zero-order chi connectivity index (χ0) is 19.9. The Morgan fingerprint density at radius 1 is 0.964 bits per heavy atom. The Balaban J connectivity index is 1.46. The number of phenolic OH excluding ortho intramolecular Hbond substituents is 1. The molecule has 1 aliphatic carbocycles. The molecule has 4 nitrogen and oxygen atoms in total. The number of aryl methyl sites for hydroxylation is 1. The van der Waals surface area contributed by atoms with Crippen LogP contribution in [0.3, 0.4) is 0 Å². The van der Waals surface area contributed by atoms with Crippen LogP contribution in [-0.4, -0.2) is 32.0 Å². The maximum absolute atomic E-state index is 9.78. The molecular weight excluding hydrogens is 352 g/mol. The van der Waals surface area contributed by atoms with Crippen molar-refractivity contribution in [3.8, 4) is 17.2 Å². The second kappa shape index (κ2) is 9.83. The lowest BCUT2D eigenvalue weighted by molar-refractivity contribution is 0.0658. The van der Waals surface area contributed by atoms with Crippen molar-refractivity contribution < 1.29 is 19.3 Å². The van der Waals surface area contributed by atoms with Crippen molar-refractivity contribution in [2.75, 3.05) is 20.8 Å². The topological polar surface area (TPSA) is 47.9 Å². The highest BCUT2D eigenvalue weighted by atomic mass is 16.5. The van der Waals surface area contributed by atoms with Crippen LogP contribution in [0, 0.1) is 6.92 Å². The maximum Gasteiger partial charge on any atom is 0.167 e. The van der Waals surface area contributed by atoms with E-state index in [0.717, 1.165) is 12.8 Å². The van der Waals surface area contributed by atoms with E-state index in [2.05, 4.69) is 24.3 Å². The molecule has 0 unspecified atom stereocenters. The number of rotatable bonds is 8. The lowest BCUT2D eigenvalue weighted by atomic mass is 9.82. The molecule has 2 aromatic carbocycles. The van der Waals surface area contributed by atoms with Gasteiger partial charge in [-0.25, -0.2) is 0 Å². The summed E-state index contributed by atoms with van der Waals surface area (Å²) >= 11 is 0. The molecule has 0 aliphatic heterocycles. The van der Waals surface area contributed by atoms with Gasteiger partial charge >= 0.3 is 0 Å². The lowest BCUT2D eigenvalue weighted by Gasteiger charge is -2.27. The first-order valence-electron chi connectivity index (χ1n) is 10.2. The molecule has 1 N–H and O–H groups in total. The highest BCUT2D eigenvalue weighted by Gasteiger charge is 2.21. The van der Waals surface area contributed by atoms with Gasteiger partial charge in [0.25, 0.3) is 0 Å². The maximum atomic E-state index is 9.78. The standard InChI is InChI=1S/C24H32O4/c1-17-22(25)14-15-23(24(17)27-3)28-16-4-5-18-6-8-19(9-7-18)20-10-12-21(26-2)13-11-20/h6-9,14-15,20-21,25H,4-5,10-13,16H2,1-3H3. The smallest absolute Gasteiger partial charge is 0.167 e. The predicted octanol–water partition coefficient (Wildman–Crippen LogP) is 5.39. The Kier molecular flexibility index (Phi) is 7.21. The third-order valence-electron chi connectivity index (χ3n) is 5.87. The molecule has 0 spiro atoms. The fourth-order valence-electron chi connectivity index (χ4n) is 4.07. The van der Waals surface area contributed by atoms with Crippen molar-refractivity contribution in [3.63, 3.8) is 0 Å². The SMILES string of the molecule is COc1c(OCCCc2ccc(C3CCC(OC)CC3)cc2)ccc(O)c1C. The Morgan fingerprint density at radius 3 is 2.32 bits per heavy atom. The van der Waals surface area contributed by atoms with Gasteiger partial charge < -0.3 is 19.3 Å². The van der Waals surface area contributed by atoms with E-state index in [4.69, 9.17) is 14.2 Å². The van der Waals surface area contributed by atoms with Gasteiger partial charge in [0, 0.05) is 12.7 Å².